The molecular formula is C14H12ClFN2O. The molecule has 0 aliphatic rings. The number of allylic oxidation sites excluding steroid dienone is 1. The van der Waals surface area contributed by atoms with Crippen molar-refractivity contribution >= 4 is 23.5 Å². The summed E-state index contributed by atoms with van der Waals surface area (Å²) >= 11 is 5.88. The molecule has 0 atom stereocenters. The molecule has 0 unspecified atom stereocenters. The van der Waals surface area contributed by atoms with Crippen LogP contribution in [0.25, 0.3) is 6.08 Å². The van der Waals surface area contributed by atoms with E-state index in [0.717, 1.165) is 0 Å². The Morgan fingerprint density at radius 2 is 2.26 bits per heavy atom. The van der Waals surface area contributed by atoms with Crippen molar-refractivity contribution in [3.05, 3.63) is 58.6 Å². The number of hydrogen-bond donors (Lipinski definition) is 0. The van der Waals surface area contributed by atoms with E-state index >= 15 is 0 Å². The van der Waals surface area contributed by atoms with E-state index < -0.39 is 5.82 Å². The minimum absolute atomic E-state index is 0.208. The van der Waals surface area contributed by atoms with Crippen LogP contribution in [0.15, 0.2) is 36.5 Å². The van der Waals surface area contributed by atoms with Gasteiger partial charge in [0.2, 0.25) is 5.78 Å². The first kappa shape index (κ1) is 13.5. The maximum Gasteiger partial charge on any atom is 0.203 e. The average molecular weight is 279 g/mol. The molecule has 0 saturated heterocycles. The minimum Gasteiger partial charge on any atom is -0.288 e. The lowest BCUT2D eigenvalue weighted by molar-refractivity contribution is 0.103. The van der Waals surface area contributed by atoms with Crippen LogP contribution in [-0.2, 0) is 6.54 Å². The number of rotatable bonds is 4. The zero-order chi connectivity index (χ0) is 13.8. The maximum absolute atomic E-state index is 13.5. The molecule has 5 heteroatoms. The van der Waals surface area contributed by atoms with Gasteiger partial charge in [0.05, 0.1) is 5.02 Å². The summed E-state index contributed by atoms with van der Waals surface area (Å²) < 4.78 is 15.1. The third kappa shape index (κ3) is 2.90. The molecule has 0 bridgehead atoms. The molecule has 98 valence electrons. The molecule has 0 radical (unpaired) electrons. The predicted molar refractivity (Wildman–Crippen MR) is 72.7 cm³/mol. The van der Waals surface area contributed by atoms with Crippen molar-refractivity contribution < 1.29 is 9.18 Å². The second-order valence-electron chi connectivity index (χ2n) is 3.87. The number of ketones is 1. The van der Waals surface area contributed by atoms with Gasteiger partial charge in [-0.15, -0.1) is 0 Å². The molecule has 2 rings (SSSR count). The fourth-order valence-corrected chi connectivity index (χ4v) is 1.93. The third-order valence-electron chi connectivity index (χ3n) is 2.67. The van der Waals surface area contributed by atoms with Gasteiger partial charge in [0.25, 0.3) is 0 Å². The smallest absolute Gasteiger partial charge is 0.203 e. The number of aromatic nitrogens is 2. The van der Waals surface area contributed by atoms with Gasteiger partial charge in [-0.3, -0.25) is 9.48 Å². The lowest BCUT2D eigenvalue weighted by Gasteiger charge is -2.01. The third-order valence-corrected chi connectivity index (χ3v) is 3.00. The maximum atomic E-state index is 13.5. The van der Waals surface area contributed by atoms with E-state index in [1.165, 1.54) is 24.3 Å². The van der Waals surface area contributed by atoms with Crippen LogP contribution in [0.5, 0.6) is 0 Å². The number of hydrogen-bond acceptors (Lipinski definition) is 2. The number of benzene rings is 1. The predicted octanol–water partition coefficient (Wildman–Crippen LogP) is 3.59. The Morgan fingerprint density at radius 1 is 1.47 bits per heavy atom. The second kappa shape index (κ2) is 5.80. The van der Waals surface area contributed by atoms with Crippen molar-refractivity contribution in [3.8, 4) is 0 Å². The number of aryl methyl sites for hydroxylation is 1. The van der Waals surface area contributed by atoms with Crippen LogP contribution in [0.4, 0.5) is 4.39 Å². The Balaban J connectivity index is 2.26. The molecule has 0 N–H and O–H groups in total. The second-order valence-corrected chi connectivity index (χ2v) is 4.27. The van der Waals surface area contributed by atoms with Crippen molar-refractivity contribution in [3.63, 3.8) is 0 Å². The van der Waals surface area contributed by atoms with E-state index in [2.05, 4.69) is 5.10 Å². The Bertz CT molecular complexity index is 614. The van der Waals surface area contributed by atoms with Crippen LogP contribution in [-0.4, -0.2) is 15.6 Å². The first-order valence-electron chi connectivity index (χ1n) is 5.81. The Morgan fingerprint density at radius 3 is 2.95 bits per heavy atom. The number of carbonyl (C=O) groups is 1. The highest BCUT2D eigenvalue weighted by Gasteiger charge is 2.09. The van der Waals surface area contributed by atoms with Crippen LogP contribution in [0, 0.1) is 5.82 Å². The number of nitrogens with zero attached hydrogens (tertiary/aromatic N) is 2. The zero-order valence-corrected chi connectivity index (χ0v) is 11.1. The molecule has 0 amide bonds. The molecular weight excluding hydrogens is 267 g/mol. The summed E-state index contributed by atoms with van der Waals surface area (Å²) in [6.07, 6.45) is 4.24. The molecule has 0 saturated carbocycles. The van der Waals surface area contributed by atoms with E-state index in [1.54, 1.807) is 23.0 Å². The topological polar surface area (TPSA) is 34.9 Å². The molecule has 1 aromatic carbocycles. The minimum atomic E-state index is -0.458. The summed E-state index contributed by atoms with van der Waals surface area (Å²) in [7, 11) is 0. The average Bonchev–Trinajstić information content (AvgIpc) is 2.86. The van der Waals surface area contributed by atoms with Crippen LogP contribution in [0.1, 0.15) is 23.0 Å². The van der Waals surface area contributed by atoms with Crippen molar-refractivity contribution in [2.24, 2.45) is 0 Å². The molecule has 0 aliphatic heterocycles. The van der Waals surface area contributed by atoms with Gasteiger partial charge >= 0.3 is 0 Å². The molecule has 0 fully saturated rings. The molecule has 3 nitrogen and oxygen atoms in total. The van der Waals surface area contributed by atoms with E-state index in [9.17, 15) is 9.18 Å². The largest absolute Gasteiger partial charge is 0.288 e. The first-order chi connectivity index (χ1) is 9.13. The summed E-state index contributed by atoms with van der Waals surface area (Å²) in [5, 5.41) is 4.28. The Hall–Kier alpha value is -1.94. The van der Waals surface area contributed by atoms with Crippen molar-refractivity contribution in [1.29, 1.82) is 0 Å². The molecule has 2 aromatic rings. The molecule has 1 aromatic heterocycles. The SMILES string of the molecule is CCn1nccc1C(=O)/C=C/c1c(F)cccc1Cl. The van der Waals surface area contributed by atoms with E-state index in [-0.39, 0.29) is 16.4 Å². The fraction of sp³-hybridized carbons (Fsp3) is 0.143. The van der Waals surface area contributed by atoms with Crippen LogP contribution < -0.4 is 0 Å². The van der Waals surface area contributed by atoms with Gasteiger partial charge in [-0.25, -0.2) is 4.39 Å². The molecule has 1 heterocycles. The van der Waals surface area contributed by atoms with Crippen LogP contribution in [0.3, 0.4) is 0 Å². The lowest BCUT2D eigenvalue weighted by Crippen LogP contribution is -2.07. The zero-order valence-electron chi connectivity index (χ0n) is 10.3. The van der Waals surface area contributed by atoms with Crippen LogP contribution >= 0.6 is 11.6 Å². The summed E-state index contributed by atoms with van der Waals surface area (Å²) in [6, 6.07) is 6.01. The van der Waals surface area contributed by atoms with Gasteiger partial charge in [0, 0.05) is 18.3 Å². The fourth-order valence-electron chi connectivity index (χ4n) is 1.71. The number of carbonyl (C=O) groups excluding carboxylic acids is 1. The van der Waals surface area contributed by atoms with Gasteiger partial charge < -0.3 is 0 Å². The summed E-state index contributed by atoms with van der Waals surface area (Å²) in [5.74, 6) is -0.695. The Kier molecular flexibility index (Phi) is 4.12. The number of halogens is 2. The summed E-state index contributed by atoms with van der Waals surface area (Å²) in [6.45, 7) is 2.49. The Labute approximate surface area is 115 Å². The highest BCUT2D eigenvalue weighted by atomic mass is 35.5. The summed E-state index contributed by atoms with van der Waals surface area (Å²) in [4.78, 5) is 12.0. The van der Waals surface area contributed by atoms with Gasteiger partial charge in [-0.1, -0.05) is 17.7 Å². The lowest BCUT2D eigenvalue weighted by atomic mass is 10.1. The van der Waals surface area contributed by atoms with Crippen molar-refractivity contribution in [1.82, 2.24) is 9.78 Å². The van der Waals surface area contributed by atoms with E-state index in [0.29, 0.717) is 12.2 Å². The highest BCUT2D eigenvalue weighted by molar-refractivity contribution is 6.32. The van der Waals surface area contributed by atoms with E-state index in [1.807, 2.05) is 6.92 Å². The van der Waals surface area contributed by atoms with Gasteiger partial charge in [-0.05, 0) is 37.3 Å². The normalized spacial score (nSPS) is 11.1. The quantitative estimate of drug-likeness (QED) is 0.633. The van der Waals surface area contributed by atoms with E-state index in [4.69, 9.17) is 11.6 Å². The standard InChI is InChI=1S/C14H12ClFN2O/c1-2-18-13(8-9-17-18)14(19)7-6-10-11(15)4-3-5-12(10)16/h3-9H,2H2,1H3/b7-6+. The summed E-state index contributed by atoms with van der Waals surface area (Å²) in [5.41, 5.74) is 0.672. The van der Waals surface area contributed by atoms with Crippen LogP contribution in [0.2, 0.25) is 5.02 Å². The van der Waals surface area contributed by atoms with Gasteiger partial charge in [0.15, 0.2) is 0 Å². The van der Waals surface area contributed by atoms with Crippen molar-refractivity contribution in [2.45, 2.75) is 13.5 Å². The monoisotopic (exact) mass is 278 g/mol. The highest BCUT2D eigenvalue weighted by Crippen LogP contribution is 2.20. The first-order valence-corrected chi connectivity index (χ1v) is 6.19. The molecule has 0 aliphatic carbocycles. The van der Waals surface area contributed by atoms with Crippen molar-refractivity contribution in [2.75, 3.05) is 0 Å². The molecule has 0 spiro atoms. The van der Waals surface area contributed by atoms with Gasteiger partial charge in [-0.2, -0.15) is 5.10 Å². The molecule has 19 heavy (non-hydrogen) atoms. The van der Waals surface area contributed by atoms with Gasteiger partial charge in [0.1, 0.15) is 11.5 Å².